The molecule has 1 N–H and O–H groups in total. The van der Waals surface area contributed by atoms with Crippen LogP contribution < -0.4 is 14.8 Å². The molecule has 0 aliphatic heterocycles. The number of carbonyl (C=O) groups excluding carboxylic acids is 1. The third-order valence-corrected chi connectivity index (χ3v) is 2.90. The summed E-state index contributed by atoms with van der Waals surface area (Å²) in [4.78, 5) is 16.3. The van der Waals surface area contributed by atoms with Crippen molar-refractivity contribution >= 4 is 11.6 Å². The molecule has 0 aliphatic rings. The van der Waals surface area contributed by atoms with Gasteiger partial charge in [-0.15, -0.1) is 0 Å². The van der Waals surface area contributed by atoms with Gasteiger partial charge < -0.3 is 14.8 Å². The molecule has 0 saturated carbocycles. The van der Waals surface area contributed by atoms with Gasteiger partial charge in [-0.05, 0) is 37.3 Å². The van der Waals surface area contributed by atoms with Crippen molar-refractivity contribution in [3.05, 3.63) is 47.8 Å². The van der Waals surface area contributed by atoms with Gasteiger partial charge in [0.05, 0.1) is 25.6 Å². The molecule has 1 aromatic carbocycles. The number of hydrogen-bond acceptors (Lipinski definition) is 4. The Labute approximate surface area is 117 Å². The van der Waals surface area contributed by atoms with E-state index in [0.717, 1.165) is 5.69 Å². The molecule has 1 heterocycles. The van der Waals surface area contributed by atoms with E-state index in [9.17, 15) is 4.79 Å². The Morgan fingerprint density at radius 2 is 1.90 bits per heavy atom. The SMILES string of the molecule is COc1ccc(C(=O)Nc2cccnc2C)cc1OC. The van der Waals surface area contributed by atoms with Gasteiger partial charge in [0.1, 0.15) is 0 Å². The summed E-state index contributed by atoms with van der Waals surface area (Å²) in [6.45, 7) is 1.84. The van der Waals surface area contributed by atoms with Gasteiger partial charge in [0.2, 0.25) is 0 Å². The van der Waals surface area contributed by atoms with Crippen molar-refractivity contribution in [2.75, 3.05) is 19.5 Å². The van der Waals surface area contributed by atoms with Gasteiger partial charge in [0, 0.05) is 11.8 Å². The third-order valence-electron chi connectivity index (χ3n) is 2.90. The predicted molar refractivity (Wildman–Crippen MR) is 76.5 cm³/mol. The predicted octanol–water partition coefficient (Wildman–Crippen LogP) is 2.66. The molecule has 2 aromatic rings. The molecule has 5 heteroatoms. The number of pyridine rings is 1. The van der Waals surface area contributed by atoms with E-state index in [-0.39, 0.29) is 5.91 Å². The van der Waals surface area contributed by atoms with Crippen LogP contribution in [0.1, 0.15) is 16.1 Å². The van der Waals surface area contributed by atoms with Gasteiger partial charge in [-0.25, -0.2) is 0 Å². The Bertz CT molecular complexity index is 626. The second-order valence-electron chi connectivity index (χ2n) is 4.16. The van der Waals surface area contributed by atoms with Crippen LogP contribution in [0, 0.1) is 6.92 Å². The molecule has 0 aliphatic carbocycles. The Morgan fingerprint density at radius 1 is 1.15 bits per heavy atom. The third kappa shape index (κ3) is 2.88. The summed E-state index contributed by atoms with van der Waals surface area (Å²) >= 11 is 0. The number of benzene rings is 1. The Hall–Kier alpha value is -2.56. The Balaban J connectivity index is 2.24. The molecule has 0 radical (unpaired) electrons. The molecule has 2 rings (SSSR count). The van der Waals surface area contributed by atoms with Crippen molar-refractivity contribution < 1.29 is 14.3 Å². The van der Waals surface area contributed by atoms with Crippen molar-refractivity contribution in [2.45, 2.75) is 6.92 Å². The smallest absolute Gasteiger partial charge is 0.255 e. The fourth-order valence-electron chi connectivity index (χ4n) is 1.79. The van der Waals surface area contributed by atoms with Gasteiger partial charge in [0.15, 0.2) is 11.5 Å². The van der Waals surface area contributed by atoms with Crippen LogP contribution in [0.4, 0.5) is 5.69 Å². The number of nitrogens with zero attached hydrogens (tertiary/aromatic N) is 1. The van der Waals surface area contributed by atoms with E-state index in [1.165, 1.54) is 7.11 Å². The second-order valence-corrected chi connectivity index (χ2v) is 4.16. The van der Waals surface area contributed by atoms with E-state index in [0.29, 0.717) is 22.7 Å². The number of hydrogen-bond donors (Lipinski definition) is 1. The monoisotopic (exact) mass is 272 g/mol. The number of amides is 1. The van der Waals surface area contributed by atoms with Crippen LogP contribution in [-0.2, 0) is 0 Å². The minimum Gasteiger partial charge on any atom is -0.493 e. The summed E-state index contributed by atoms with van der Waals surface area (Å²) in [5.41, 5.74) is 1.94. The van der Waals surface area contributed by atoms with Crippen LogP contribution in [-0.4, -0.2) is 25.1 Å². The average molecular weight is 272 g/mol. The molecule has 0 saturated heterocycles. The maximum Gasteiger partial charge on any atom is 0.255 e. The first kappa shape index (κ1) is 13.9. The average Bonchev–Trinajstić information content (AvgIpc) is 2.48. The topological polar surface area (TPSA) is 60.5 Å². The van der Waals surface area contributed by atoms with Crippen molar-refractivity contribution in [3.8, 4) is 11.5 Å². The molecule has 0 atom stereocenters. The molecular formula is C15H16N2O3. The summed E-state index contributed by atoms with van der Waals surface area (Å²) in [6, 6.07) is 8.60. The van der Waals surface area contributed by atoms with Crippen molar-refractivity contribution in [1.29, 1.82) is 0 Å². The van der Waals surface area contributed by atoms with E-state index in [1.807, 2.05) is 6.92 Å². The Kier molecular flexibility index (Phi) is 4.20. The number of nitrogens with one attached hydrogen (secondary N) is 1. The number of aryl methyl sites for hydroxylation is 1. The zero-order chi connectivity index (χ0) is 14.5. The molecule has 104 valence electrons. The van der Waals surface area contributed by atoms with E-state index >= 15 is 0 Å². The highest BCUT2D eigenvalue weighted by Gasteiger charge is 2.11. The summed E-state index contributed by atoms with van der Waals surface area (Å²) in [7, 11) is 3.08. The maximum atomic E-state index is 12.2. The van der Waals surface area contributed by atoms with Gasteiger partial charge in [0.25, 0.3) is 5.91 Å². The molecule has 0 fully saturated rings. The molecule has 0 spiro atoms. The van der Waals surface area contributed by atoms with E-state index < -0.39 is 0 Å². The Morgan fingerprint density at radius 3 is 2.55 bits per heavy atom. The van der Waals surface area contributed by atoms with Crippen LogP contribution in [0.5, 0.6) is 11.5 Å². The second kappa shape index (κ2) is 6.06. The molecule has 20 heavy (non-hydrogen) atoms. The maximum absolute atomic E-state index is 12.2. The van der Waals surface area contributed by atoms with Crippen LogP contribution in [0.25, 0.3) is 0 Å². The lowest BCUT2D eigenvalue weighted by Gasteiger charge is -2.10. The number of aromatic nitrogens is 1. The number of carbonyl (C=O) groups is 1. The van der Waals surface area contributed by atoms with Crippen LogP contribution in [0.15, 0.2) is 36.5 Å². The van der Waals surface area contributed by atoms with Gasteiger partial charge in [-0.3, -0.25) is 9.78 Å². The first-order chi connectivity index (χ1) is 9.65. The number of ether oxygens (including phenoxy) is 2. The quantitative estimate of drug-likeness (QED) is 0.929. The molecule has 0 unspecified atom stereocenters. The zero-order valence-electron chi connectivity index (χ0n) is 11.6. The minimum absolute atomic E-state index is 0.220. The van der Waals surface area contributed by atoms with Crippen molar-refractivity contribution in [1.82, 2.24) is 4.98 Å². The fraction of sp³-hybridized carbons (Fsp3) is 0.200. The van der Waals surface area contributed by atoms with Crippen LogP contribution in [0.3, 0.4) is 0 Å². The van der Waals surface area contributed by atoms with Crippen LogP contribution >= 0.6 is 0 Å². The van der Waals surface area contributed by atoms with Crippen LogP contribution in [0.2, 0.25) is 0 Å². The van der Waals surface area contributed by atoms with E-state index in [1.54, 1.807) is 43.6 Å². The van der Waals surface area contributed by atoms with Crippen molar-refractivity contribution in [3.63, 3.8) is 0 Å². The fourth-order valence-corrected chi connectivity index (χ4v) is 1.79. The summed E-state index contributed by atoms with van der Waals surface area (Å²) < 4.78 is 10.3. The highest BCUT2D eigenvalue weighted by Crippen LogP contribution is 2.27. The molecular weight excluding hydrogens is 256 g/mol. The lowest BCUT2D eigenvalue weighted by atomic mass is 10.2. The molecule has 0 bridgehead atoms. The lowest BCUT2D eigenvalue weighted by Crippen LogP contribution is -2.13. The molecule has 1 amide bonds. The van der Waals surface area contributed by atoms with Gasteiger partial charge in [-0.1, -0.05) is 0 Å². The normalized spacial score (nSPS) is 9.95. The molecule has 5 nitrogen and oxygen atoms in total. The highest BCUT2D eigenvalue weighted by molar-refractivity contribution is 6.04. The van der Waals surface area contributed by atoms with Gasteiger partial charge >= 0.3 is 0 Å². The van der Waals surface area contributed by atoms with E-state index in [2.05, 4.69) is 10.3 Å². The summed E-state index contributed by atoms with van der Waals surface area (Å²) in [5.74, 6) is 0.881. The minimum atomic E-state index is -0.220. The molecule has 1 aromatic heterocycles. The number of rotatable bonds is 4. The number of methoxy groups -OCH3 is 2. The first-order valence-corrected chi connectivity index (χ1v) is 6.10. The summed E-state index contributed by atoms with van der Waals surface area (Å²) in [6.07, 6.45) is 1.68. The zero-order valence-corrected chi connectivity index (χ0v) is 11.6. The lowest BCUT2D eigenvalue weighted by molar-refractivity contribution is 0.102. The summed E-state index contributed by atoms with van der Waals surface area (Å²) in [5, 5.41) is 2.82. The highest BCUT2D eigenvalue weighted by atomic mass is 16.5. The van der Waals surface area contributed by atoms with Gasteiger partial charge in [-0.2, -0.15) is 0 Å². The standard InChI is InChI=1S/C15H16N2O3/c1-10-12(5-4-8-16-10)17-15(18)11-6-7-13(19-2)14(9-11)20-3/h4-9H,1-3H3,(H,17,18). The van der Waals surface area contributed by atoms with Crippen molar-refractivity contribution in [2.24, 2.45) is 0 Å². The first-order valence-electron chi connectivity index (χ1n) is 6.10. The van der Waals surface area contributed by atoms with E-state index in [4.69, 9.17) is 9.47 Å². The number of anilines is 1. The largest absolute Gasteiger partial charge is 0.493 e.